The van der Waals surface area contributed by atoms with Crippen molar-refractivity contribution in [1.82, 2.24) is 4.98 Å². The smallest absolute Gasteiger partial charge is 0.308 e. The van der Waals surface area contributed by atoms with E-state index in [-0.39, 0.29) is 11.7 Å². The van der Waals surface area contributed by atoms with E-state index < -0.39 is 11.2 Å². The fourth-order valence-corrected chi connectivity index (χ4v) is 2.29. The standard InChI is InChI=1S/C14H12N2O5/c17-12-4-1-5-13(21-12)20-11-7-6-10(16(18)19)9-3-2-8-15-14(9)11/h2-3,6-8,13H,1,4-5H2. The molecule has 1 atom stereocenters. The van der Waals surface area contributed by atoms with E-state index in [2.05, 4.69) is 4.98 Å². The van der Waals surface area contributed by atoms with Crippen molar-refractivity contribution >= 4 is 22.6 Å². The van der Waals surface area contributed by atoms with Crippen molar-refractivity contribution in [3.63, 3.8) is 0 Å². The van der Waals surface area contributed by atoms with Gasteiger partial charge in [0.25, 0.3) is 5.69 Å². The van der Waals surface area contributed by atoms with Crippen molar-refractivity contribution < 1.29 is 19.2 Å². The van der Waals surface area contributed by atoms with Crippen LogP contribution in [0.2, 0.25) is 0 Å². The number of nitro benzene ring substituents is 1. The number of hydrogen-bond donors (Lipinski definition) is 0. The molecule has 1 aliphatic rings. The molecule has 0 amide bonds. The first-order valence-corrected chi connectivity index (χ1v) is 6.53. The van der Waals surface area contributed by atoms with E-state index in [0.717, 1.165) is 0 Å². The maximum atomic E-state index is 11.3. The summed E-state index contributed by atoms with van der Waals surface area (Å²) in [4.78, 5) is 26.0. The van der Waals surface area contributed by atoms with Crippen molar-refractivity contribution in [3.8, 4) is 5.75 Å². The first kappa shape index (κ1) is 13.3. The van der Waals surface area contributed by atoms with Crippen LogP contribution in [0.1, 0.15) is 19.3 Å². The minimum Gasteiger partial charge on any atom is -0.452 e. The molecule has 1 aliphatic heterocycles. The van der Waals surface area contributed by atoms with Gasteiger partial charge in [-0.1, -0.05) is 0 Å². The number of cyclic esters (lactones) is 1. The number of nitro groups is 1. The van der Waals surface area contributed by atoms with E-state index in [9.17, 15) is 14.9 Å². The lowest BCUT2D eigenvalue weighted by molar-refractivity contribution is -0.383. The number of aromatic nitrogens is 1. The van der Waals surface area contributed by atoms with E-state index in [1.807, 2.05) is 0 Å². The third-order valence-electron chi connectivity index (χ3n) is 3.25. The molecule has 108 valence electrons. The first-order chi connectivity index (χ1) is 10.1. The van der Waals surface area contributed by atoms with Crippen molar-refractivity contribution in [1.29, 1.82) is 0 Å². The summed E-state index contributed by atoms with van der Waals surface area (Å²) in [6.07, 6.45) is 2.54. The largest absolute Gasteiger partial charge is 0.452 e. The maximum Gasteiger partial charge on any atom is 0.308 e. The Kier molecular flexibility index (Phi) is 3.39. The fraction of sp³-hybridized carbons (Fsp3) is 0.286. The Hall–Kier alpha value is -2.70. The minimum absolute atomic E-state index is 0.0360. The van der Waals surface area contributed by atoms with Crippen LogP contribution in [0.5, 0.6) is 5.75 Å². The Morgan fingerprint density at radius 1 is 1.38 bits per heavy atom. The Bertz CT molecular complexity index is 716. The van der Waals surface area contributed by atoms with Gasteiger partial charge in [-0.2, -0.15) is 0 Å². The highest BCUT2D eigenvalue weighted by Gasteiger charge is 2.24. The van der Waals surface area contributed by atoms with Gasteiger partial charge in [0.2, 0.25) is 6.29 Å². The lowest BCUT2D eigenvalue weighted by Gasteiger charge is -2.23. The van der Waals surface area contributed by atoms with E-state index in [1.165, 1.54) is 18.3 Å². The molecular formula is C14H12N2O5. The molecular weight excluding hydrogens is 276 g/mol. The summed E-state index contributed by atoms with van der Waals surface area (Å²) in [5.41, 5.74) is 0.347. The molecule has 7 nitrogen and oxygen atoms in total. The third-order valence-corrected chi connectivity index (χ3v) is 3.25. The highest BCUT2D eigenvalue weighted by atomic mass is 16.7. The summed E-state index contributed by atoms with van der Waals surface area (Å²) in [5, 5.41) is 11.4. The molecule has 7 heteroatoms. The average Bonchev–Trinajstić information content (AvgIpc) is 2.47. The molecule has 3 rings (SSSR count). The summed E-state index contributed by atoms with van der Waals surface area (Å²) in [5.74, 6) is 0.0707. The lowest BCUT2D eigenvalue weighted by atomic mass is 10.1. The molecule has 0 radical (unpaired) electrons. The Labute approximate surface area is 119 Å². The van der Waals surface area contributed by atoms with Crippen LogP contribution in [-0.2, 0) is 9.53 Å². The number of carbonyl (C=O) groups is 1. The van der Waals surface area contributed by atoms with Crippen molar-refractivity contribution in [2.24, 2.45) is 0 Å². The van der Waals surface area contributed by atoms with E-state index in [4.69, 9.17) is 9.47 Å². The summed E-state index contributed by atoms with van der Waals surface area (Å²) < 4.78 is 10.7. The SMILES string of the molecule is O=C1CCCC(Oc2ccc([N+](=O)[O-])c3cccnc23)O1. The van der Waals surface area contributed by atoms with Crippen LogP contribution in [0, 0.1) is 10.1 Å². The molecule has 1 aromatic carbocycles. The van der Waals surface area contributed by atoms with Crippen molar-refractivity contribution in [2.45, 2.75) is 25.6 Å². The second kappa shape index (κ2) is 5.35. The maximum absolute atomic E-state index is 11.3. The van der Waals surface area contributed by atoms with Gasteiger partial charge in [0.1, 0.15) is 5.52 Å². The van der Waals surface area contributed by atoms with Gasteiger partial charge in [0.15, 0.2) is 5.75 Å². The van der Waals surface area contributed by atoms with Gasteiger partial charge in [0, 0.05) is 25.1 Å². The molecule has 1 aromatic heterocycles. The average molecular weight is 288 g/mol. The number of fused-ring (bicyclic) bond motifs is 1. The predicted octanol–water partition coefficient (Wildman–Crippen LogP) is 2.58. The number of pyridine rings is 1. The van der Waals surface area contributed by atoms with Crippen LogP contribution in [0.3, 0.4) is 0 Å². The van der Waals surface area contributed by atoms with Crippen molar-refractivity contribution in [3.05, 3.63) is 40.6 Å². The zero-order chi connectivity index (χ0) is 14.8. The Morgan fingerprint density at radius 3 is 3.00 bits per heavy atom. The van der Waals surface area contributed by atoms with E-state index >= 15 is 0 Å². The van der Waals surface area contributed by atoms with Crippen LogP contribution in [0.15, 0.2) is 30.5 Å². The van der Waals surface area contributed by atoms with Gasteiger partial charge in [-0.25, -0.2) is 0 Å². The second-order valence-electron chi connectivity index (χ2n) is 4.67. The van der Waals surface area contributed by atoms with Crippen LogP contribution >= 0.6 is 0 Å². The third kappa shape index (κ3) is 2.62. The molecule has 0 N–H and O–H groups in total. The zero-order valence-corrected chi connectivity index (χ0v) is 11.0. The van der Waals surface area contributed by atoms with Gasteiger partial charge in [-0.3, -0.25) is 19.9 Å². The summed E-state index contributed by atoms with van der Waals surface area (Å²) >= 11 is 0. The predicted molar refractivity (Wildman–Crippen MR) is 72.8 cm³/mol. The van der Waals surface area contributed by atoms with Crippen LogP contribution < -0.4 is 4.74 Å². The number of rotatable bonds is 3. The molecule has 0 aliphatic carbocycles. The number of benzene rings is 1. The lowest BCUT2D eigenvalue weighted by Crippen LogP contribution is -2.28. The zero-order valence-electron chi connectivity index (χ0n) is 11.0. The Morgan fingerprint density at radius 2 is 2.24 bits per heavy atom. The highest BCUT2D eigenvalue weighted by Crippen LogP contribution is 2.32. The number of carbonyl (C=O) groups excluding carboxylic acids is 1. The number of esters is 1. The summed E-state index contributed by atoms with van der Waals surface area (Å²) in [6, 6.07) is 6.08. The highest BCUT2D eigenvalue weighted by molar-refractivity contribution is 5.92. The van der Waals surface area contributed by atoms with Crippen LogP contribution in [0.25, 0.3) is 10.9 Å². The number of hydrogen-bond acceptors (Lipinski definition) is 6. The normalized spacial score (nSPS) is 18.3. The monoisotopic (exact) mass is 288 g/mol. The van der Waals surface area contributed by atoms with Gasteiger partial charge in [-0.15, -0.1) is 0 Å². The van der Waals surface area contributed by atoms with Gasteiger partial charge in [0.05, 0.1) is 10.3 Å². The molecule has 0 spiro atoms. The number of non-ortho nitro benzene ring substituents is 1. The molecule has 0 bridgehead atoms. The number of nitrogens with zero attached hydrogens (tertiary/aromatic N) is 2. The molecule has 0 saturated carbocycles. The Balaban J connectivity index is 1.98. The van der Waals surface area contributed by atoms with Crippen LogP contribution in [0.4, 0.5) is 5.69 Å². The molecule has 2 aromatic rings. The van der Waals surface area contributed by atoms with Gasteiger partial charge >= 0.3 is 5.97 Å². The van der Waals surface area contributed by atoms with Gasteiger partial charge in [-0.05, 0) is 24.6 Å². The second-order valence-corrected chi connectivity index (χ2v) is 4.67. The molecule has 21 heavy (non-hydrogen) atoms. The molecule has 1 saturated heterocycles. The molecule has 1 unspecified atom stereocenters. The topological polar surface area (TPSA) is 91.6 Å². The first-order valence-electron chi connectivity index (χ1n) is 6.53. The summed E-state index contributed by atoms with van der Waals surface area (Å²) in [6.45, 7) is 0. The van der Waals surface area contributed by atoms with E-state index in [1.54, 1.807) is 12.1 Å². The summed E-state index contributed by atoms with van der Waals surface area (Å²) in [7, 11) is 0. The fourth-order valence-electron chi connectivity index (χ4n) is 2.29. The van der Waals surface area contributed by atoms with E-state index in [0.29, 0.717) is 35.9 Å². The molecule has 1 fully saturated rings. The van der Waals surface area contributed by atoms with Gasteiger partial charge < -0.3 is 9.47 Å². The number of ether oxygens (including phenoxy) is 2. The minimum atomic E-state index is -0.669. The quantitative estimate of drug-likeness (QED) is 0.489. The van der Waals surface area contributed by atoms with Crippen LogP contribution in [-0.4, -0.2) is 22.2 Å². The molecule has 2 heterocycles. The van der Waals surface area contributed by atoms with Crippen molar-refractivity contribution in [2.75, 3.05) is 0 Å².